The zero-order valence-corrected chi connectivity index (χ0v) is 14.3. The smallest absolute Gasteiger partial charge is 0.244 e. The molecule has 0 saturated carbocycles. The van der Waals surface area contributed by atoms with Gasteiger partial charge in [0, 0.05) is 17.1 Å². The van der Waals surface area contributed by atoms with Gasteiger partial charge in [-0.3, -0.25) is 0 Å². The van der Waals surface area contributed by atoms with Crippen molar-refractivity contribution in [2.45, 2.75) is 38.3 Å². The summed E-state index contributed by atoms with van der Waals surface area (Å²) in [5.74, 6) is 0. The van der Waals surface area contributed by atoms with Crippen LogP contribution in [0, 0.1) is 6.92 Å². The number of hydrogen-bond acceptors (Lipinski definition) is 3. The highest BCUT2D eigenvalue weighted by molar-refractivity contribution is 9.10. The van der Waals surface area contributed by atoms with E-state index in [0.717, 1.165) is 5.56 Å². The van der Waals surface area contributed by atoms with Crippen molar-refractivity contribution < 1.29 is 13.5 Å². The van der Waals surface area contributed by atoms with Crippen LogP contribution in [-0.2, 0) is 16.6 Å². The Hall–Kier alpha value is -0.690. The van der Waals surface area contributed by atoms with Crippen molar-refractivity contribution in [1.82, 2.24) is 4.31 Å². The molecule has 0 spiro atoms. The van der Waals surface area contributed by atoms with E-state index in [-0.39, 0.29) is 24.1 Å². The number of sulfonamides is 1. The molecule has 4 nitrogen and oxygen atoms in total. The maximum absolute atomic E-state index is 12.8. The Morgan fingerprint density at radius 3 is 2.50 bits per heavy atom. The summed E-state index contributed by atoms with van der Waals surface area (Å²) >= 11 is 3.33. The molecule has 0 aliphatic rings. The number of rotatable bonds is 6. The summed E-state index contributed by atoms with van der Waals surface area (Å²) in [4.78, 5) is 0.178. The molecule has 0 aliphatic heterocycles. The Morgan fingerprint density at radius 1 is 1.45 bits per heavy atom. The van der Waals surface area contributed by atoms with E-state index in [2.05, 4.69) is 22.5 Å². The SMILES string of the molecule is C=CCN(C(C)C)S(=O)(=O)c1cc(CO)cc(C)c1Br. The molecule has 1 aromatic carbocycles. The van der Waals surface area contributed by atoms with Crippen LogP contribution in [0.15, 0.2) is 34.2 Å². The minimum absolute atomic E-state index is 0.178. The van der Waals surface area contributed by atoms with Gasteiger partial charge in [-0.1, -0.05) is 12.1 Å². The number of aryl methyl sites for hydroxylation is 1. The van der Waals surface area contributed by atoms with E-state index in [0.29, 0.717) is 10.0 Å². The molecule has 0 unspecified atom stereocenters. The summed E-state index contributed by atoms with van der Waals surface area (Å²) in [5.41, 5.74) is 1.35. The Bertz CT molecular complexity index is 597. The predicted octanol–water partition coefficient (Wildman–Crippen LogP) is 2.83. The fraction of sp³-hybridized carbons (Fsp3) is 0.429. The Kier molecular flexibility index (Phi) is 5.94. The first-order valence-corrected chi connectivity index (χ1v) is 8.51. The number of nitrogens with zero attached hydrogens (tertiary/aromatic N) is 1. The predicted molar refractivity (Wildman–Crippen MR) is 84.0 cm³/mol. The van der Waals surface area contributed by atoms with Gasteiger partial charge in [0.1, 0.15) is 0 Å². The number of aliphatic hydroxyl groups is 1. The average Bonchev–Trinajstić information content (AvgIpc) is 2.37. The van der Waals surface area contributed by atoms with E-state index in [1.807, 2.05) is 13.8 Å². The van der Waals surface area contributed by atoms with Crippen molar-refractivity contribution in [1.29, 1.82) is 0 Å². The second-order valence-electron chi connectivity index (χ2n) is 4.84. The molecule has 0 aliphatic carbocycles. The lowest BCUT2D eigenvalue weighted by Gasteiger charge is -2.25. The largest absolute Gasteiger partial charge is 0.392 e. The molecule has 0 heterocycles. The lowest BCUT2D eigenvalue weighted by molar-refractivity contribution is 0.281. The summed E-state index contributed by atoms with van der Waals surface area (Å²) in [6.07, 6.45) is 1.56. The van der Waals surface area contributed by atoms with Crippen molar-refractivity contribution in [3.63, 3.8) is 0 Å². The maximum atomic E-state index is 12.8. The van der Waals surface area contributed by atoms with E-state index >= 15 is 0 Å². The standard InChI is InChI=1S/C14H20BrNO3S/c1-5-6-16(10(2)3)20(18,19)13-8-12(9-17)7-11(4)14(13)15/h5,7-8,10,17H,1,6,9H2,2-4H3. The van der Waals surface area contributed by atoms with Crippen LogP contribution < -0.4 is 0 Å². The minimum atomic E-state index is -3.64. The van der Waals surface area contributed by atoms with Gasteiger partial charge >= 0.3 is 0 Å². The van der Waals surface area contributed by atoms with Crippen LogP contribution in [0.4, 0.5) is 0 Å². The third-order valence-electron chi connectivity index (χ3n) is 2.94. The molecule has 0 amide bonds. The van der Waals surface area contributed by atoms with Gasteiger partial charge in [-0.15, -0.1) is 6.58 Å². The molecule has 6 heteroatoms. The highest BCUT2D eigenvalue weighted by Crippen LogP contribution is 2.30. The molecular formula is C14H20BrNO3S. The van der Waals surface area contributed by atoms with Gasteiger partial charge in [0.15, 0.2) is 0 Å². The molecule has 1 aromatic rings. The van der Waals surface area contributed by atoms with Gasteiger partial charge in [-0.25, -0.2) is 8.42 Å². The molecule has 0 fully saturated rings. The molecule has 0 atom stereocenters. The lowest BCUT2D eigenvalue weighted by Crippen LogP contribution is -2.37. The van der Waals surface area contributed by atoms with Crippen LogP contribution in [0.5, 0.6) is 0 Å². The van der Waals surface area contributed by atoms with Gasteiger partial charge in [0.25, 0.3) is 0 Å². The molecule has 112 valence electrons. The maximum Gasteiger partial charge on any atom is 0.244 e. The van der Waals surface area contributed by atoms with E-state index < -0.39 is 10.0 Å². The van der Waals surface area contributed by atoms with E-state index in [9.17, 15) is 13.5 Å². The zero-order valence-electron chi connectivity index (χ0n) is 11.9. The van der Waals surface area contributed by atoms with E-state index in [4.69, 9.17) is 0 Å². The Balaban J connectivity index is 3.48. The van der Waals surface area contributed by atoms with Crippen LogP contribution in [-0.4, -0.2) is 30.4 Å². The summed E-state index contributed by atoms with van der Waals surface area (Å²) < 4.78 is 27.5. The van der Waals surface area contributed by atoms with Crippen LogP contribution in [0.1, 0.15) is 25.0 Å². The zero-order chi connectivity index (χ0) is 15.5. The number of hydrogen-bond donors (Lipinski definition) is 1. The number of aliphatic hydroxyl groups excluding tert-OH is 1. The lowest BCUT2D eigenvalue weighted by atomic mass is 10.1. The molecule has 0 bridgehead atoms. The van der Waals surface area contributed by atoms with Crippen molar-refractivity contribution in [3.8, 4) is 0 Å². The molecule has 1 N–H and O–H groups in total. The minimum Gasteiger partial charge on any atom is -0.392 e. The Labute approximate surface area is 129 Å². The highest BCUT2D eigenvalue weighted by Gasteiger charge is 2.28. The molecule has 0 radical (unpaired) electrons. The van der Waals surface area contributed by atoms with Crippen molar-refractivity contribution in [3.05, 3.63) is 40.4 Å². The van der Waals surface area contributed by atoms with Crippen LogP contribution in [0.2, 0.25) is 0 Å². The Morgan fingerprint density at radius 2 is 2.05 bits per heavy atom. The summed E-state index contributed by atoms with van der Waals surface area (Å²) in [6.45, 7) is 9.09. The first kappa shape index (κ1) is 17.4. The van der Waals surface area contributed by atoms with Crippen LogP contribution in [0.25, 0.3) is 0 Å². The second-order valence-corrected chi connectivity index (χ2v) is 7.49. The van der Waals surface area contributed by atoms with E-state index in [1.54, 1.807) is 19.1 Å². The molecule has 0 aromatic heterocycles. The van der Waals surface area contributed by atoms with Crippen molar-refractivity contribution in [2.24, 2.45) is 0 Å². The summed E-state index contributed by atoms with van der Waals surface area (Å²) in [5, 5.41) is 9.25. The fourth-order valence-electron chi connectivity index (χ4n) is 1.93. The van der Waals surface area contributed by atoms with Gasteiger partial charge in [0.2, 0.25) is 10.0 Å². The quantitative estimate of drug-likeness (QED) is 0.792. The van der Waals surface area contributed by atoms with Crippen molar-refractivity contribution in [2.75, 3.05) is 6.54 Å². The van der Waals surface area contributed by atoms with Gasteiger partial charge in [-0.2, -0.15) is 4.31 Å². The third-order valence-corrected chi connectivity index (χ3v) is 6.32. The van der Waals surface area contributed by atoms with Gasteiger partial charge < -0.3 is 5.11 Å². The monoisotopic (exact) mass is 361 g/mol. The average molecular weight is 362 g/mol. The molecular weight excluding hydrogens is 342 g/mol. The molecule has 0 saturated heterocycles. The summed E-state index contributed by atoms with van der Waals surface area (Å²) in [7, 11) is -3.64. The van der Waals surface area contributed by atoms with Gasteiger partial charge in [0.05, 0.1) is 11.5 Å². The molecule has 20 heavy (non-hydrogen) atoms. The van der Waals surface area contributed by atoms with Crippen molar-refractivity contribution >= 4 is 26.0 Å². The third kappa shape index (κ3) is 3.49. The molecule has 1 rings (SSSR count). The van der Waals surface area contributed by atoms with Gasteiger partial charge in [-0.05, 0) is 53.9 Å². The summed E-state index contributed by atoms with van der Waals surface area (Å²) in [6, 6.07) is 3.09. The van der Waals surface area contributed by atoms with E-state index in [1.165, 1.54) is 10.4 Å². The fourth-order valence-corrected chi connectivity index (χ4v) is 4.57. The normalized spacial score (nSPS) is 12.2. The second kappa shape index (κ2) is 6.85. The topological polar surface area (TPSA) is 57.6 Å². The van der Waals surface area contributed by atoms with Crippen LogP contribution >= 0.6 is 15.9 Å². The number of halogens is 1. The highest BCUT2D eigenvalue weighted by atomic mass is 79.9. The van der Waals surface area contributed by atoms with Crippen LogP contribution in [0.3, 0.4) is 0 Å². The first-order valence-electron chi connectivity index (χ1n) is 6.28. The number of benzene rings is 1. The first-order chi connectivity index (χ1) is 9.25.